The van der Waals surface area contributed by atoms with E-state index >= 15 is 0 Å². The van der Waals surface area contributed by atoms with E-state index in [2.05, 4.69) is 27.9 Å². The molecule has 5 heteroatoms. The highest BCUT2D eigenvalue weighted by atomic mass is 127. The number of fused-ring (bicyclic) bond motifs is 2. The first-order valence-corrected chi connectivity index (χ1v) is 7.93. The van der Waals surface area contributed by atoms with Crippen molar-refractivity contribution in [2.75, 3.05) is 0 Å². The lowest BCUT2D eigenvalue weighted by atomic mass is 9.84. The van der Waals surface area contributed by atoms with Crippen LogP contribution in [0.4, 0.5) is 0 Å². The molecule has 0 spiro atoms. The van der Waals surface area contributed by atoms with E-state index in [-0.39, 0.29) is 17.9 Å². The summed E-state index contributed by atoms with van der Waals surface area (Å²) in [5.74, 6) is -0.788. The van der Waals surface area contributed by atoms with Crippen molar-refractivity contribution in [3.63, 3.8) is 0 Å². The van der Waals surface area contributed by atoms with E-state index in [1.54, 1.807) is 6.07 Å². The summed E-state index contributed by atoms with van der Waals surface area (Å²) in [6.45, 7) is 0. The first kappa shape index (κ1) is 13.9. The molecule has 2 N–H and O–H groups in total. The number of benzene rings is 1. The first-order valence-electron chi connectivity index (χ1n) is 6.85. The number of amides is 1. The summed E-state index contributed by atoms with van der Waals surface area (Å²) in [7, 11) is 0. The molecule has 2 aliphatic rings. The molecule has 106 valence electrons. The summed E-state index contributed by atoms with van der Waals surface area (Å²) in [5.41, 5.74) is 0.601. The molecule has 2 aliphatic carbocycles. The van der Waals surface area contributed by atoms with Crippen molar-refractivity contribution in [2.45, 2.75) is 25.3 Å². The van der Waals surface area contributed by atoms with Gasteiger partial charge in [0, 0.05) is 15.2 Å². The van der Waals surface area contributed by atoms with Gasteiger partial charge in [-0.25, -0.2) is 0 Å². The molecule has 1 amide bonds. The van der Waals surface area contributed by atoms with Gasteiger partial charge in [-0.3, -0.25) is 9.59 Å². The van der Waals surface area contributed by atoms with Crippen molar-refractivity contribution in [3.8, 4) is 0 Å². The lowest BCUT2D eigenvalue weighted by Gasteiger charge is -2.28. The van der Waals surface area contributed by atoms with E-state index in [1.165, 1.54) is 0 Å². The first-order chi connectivity index (χ1) is 9.56. The second-order valence-electron chi connectivity index (χ2n) is 5.71. The zero-order valence-electron chi connectivity index (χ0n) is 10.9. The molecule has 3 rings (SSSR count). The van der Waals surface area contributed by atoms with Gasteiger partial charge in [-0.15, -0.1) is 0 Å². The largest absolute Gasteiger partial charge is 0.481 e. The fourth-order valence-electron chi connectivity index (χ4n) is 3.72. The van der Waals surface area contributed by atoms with Crippen LogP contribution in [0.1, 0.15) is 29.6 Å². The van der Waals surface area contributed by atoms with E-state index in [1.807, 2.05) is 18.2 Å². The Hall–Kier alpha value is -1.11. The van der Waals surface area contributed by atoms with Gasteiger partial charge in [-0.2, -0.15) is 0 Å². The standard InChI is InChI=1S/C15H16INO3/c16-11-3-1-2-10(7-11)14(18)17-13-9-5-4-8(6-9)12(13)15(19)20/h1-3,7-9,12-13H,4-6H2,(H,17,18)(H,19,20). The molecule has 4 unspecified atom stereocenters. The number of aliphatic carboxylic acids is 1. The monoisotopic (exact) mass is 385 g/mol. The van der Waals surface area contributed by atoms with Crippen molar-refractivity contribution >= 4 is 34.5 Å². The Morgan fingerprint density at radius 3 is 2.70 bits per heavy atom. The normalized spacial score (nSPS) is 31.2. The summed E-state index contributed by atoms with van der Waals surface area (Å²) >= 11 is 2.16. The van der Waals surface area contributed by atoms with E-state index in [0.717, 1.165) is 22.8 Å². The van der Waals surface area contributed by atoms with Gasteiger partial charge >= 0.3 is 5.97 Å². The molecular weight excluding hydrogens is 369 g/mol. The average Bonchev–Trinajstić information content (AvgIpc) is 2.99. The number of carbonyl (C=O) groups is 2. The maximum Gasteiger partial charge on any atom is 0.308 e. The predicted octanol–water partition coefficient (Wildman–Crippen LogP) is 2.52. The molecule has 0 aromatic heterocycles. The van der Waals surface area contributed by atoms with E-state index in [9.17, 15) is 14.7 Å². The highest BCUT2D eigenvalue weighted by Crippen LogP contribution is 2.48. The molecule has 1 aromatic carbocycles. The zero-order chi connectivity index (χ0) is 14.3. The third kappa shape index (κ3) is 2.43. The number of carboxylic acid groups (broad SMARTS) is 1. The molecule has 1 aromatic rings. The smallest absolute Gasteiger partial charge is 0.308 e. The van der Waals surface area contributed by atoms with Crippen LogP contribution in [0.5, 0.6) is 0 Å². The van der Waals surface area contributed by atoms with Crippen LogP contribution >= 0.6 is 22.6 Å². The van der Waals surface area contributed by atoms with E-state index in [4.69, 9.17) is 0 Å². The second kappa shape index (κ2) is 5.35. The Morgan fingerprint density at radius 2 is 2.00 bits per heavy atom. The molecule has 20 heavy (non-hydrogen) atoms. The Balaban J connectivity index is 1.77. The number of nitrogens with one attached hydrogen (secondary N) is 1. The summed E-state index contributed by atoms with van der Waals surface area (Å²) in [6.07, 6.45) is 2.96. The molecule has 2 bridgehead atoms. The van der Waals surface area contributed by atoms with Gasteiger partial charge in [0.25, 0.3) is 5.91 Å². The molecule has 4 nitrogen and oxygen atoms in total. The number of rotatable bonds is 3. The Bertz CT molecular complexity index is 560. The topological polar surface area (TPSA) is 66.4 Å². The van der Waals surface area contributed by atoms with Crippen molar-refractivity contribution in [1.82, 2.24) is 5.32 Å². The molecule has 0 aliphatic heterocycles. The number of carboxylic acids is 1. The minimum absolute atomic E-state index is 0.160. The van der Waals surface area contributed by atoms with Crippen LogP contribution in [0.15, 0.2) is 24.3 Å². The minimum atomic E-state index is -0.773. The van der Waals surface area contributed by atoms with Crippen LogP contribution < -0.4 is 5.32 Å². The van der Waals surface area contributed by atoms with Crippen molar-refractivity contribution in [3.05, 3.63) is 33.4 Å². The predicted molar refractivity (Wildman–Crippen MR) is 82.4 cm³/mol. The van der Waals surface area contributed by atoms with Crippen molar-refractivity contribution < 1.29 is 14.7 Å². The SMILES string of the molecule is O=C(NC1C2CCC(C2)C1C(=O)O)c1cccc(I)c1. The third-order valence-electron chi connectivity index (χ3n) is 4.59. The third-order valence-corrected chi connectivity index (χ3v) is 5.26. The minimum Gasteiger partial charge on any atom is -0.481 e. The summed E-state index contributed by atoms with van der Waals surface area (Å²) < 4.78 is 0.998. The van der Waals surface area contributed by atoms with Gasteiger partial charge in [0.15, 0.2) is 0 Å². The van der Waals surface area contributed by atoms with Gasteiger partial charge < -0.3 is 10.4 Å². The fourth-order valence-corrected chi connectivity index (χ4v) is 4.26. The van der Waals surface area contributed by atoms with Crippen LogP contribution in [0.3, 0.4) is 0 Å². The molecule has 2 saturated carbocycles. The number of hydrogen-bond donors (Lipinski definition) is 2. The highest BCUT2D eigenvalue weighted by Gasteiger charge is 2.51. The summed E-state index contributed by atoms with van der Waals surface area (Å²) in [4.78, 5) is 23.7. The van der Waals surface area contributed by atoms with Crippen LogP contribution in [0, 0.1) is 21.3 Å². The lowest BCUT2D eigenvalue weighted by Crippen LogP contribution is -2.46. The van der Waals surface area contributed by atoms with E-state index in [0.29, 0.717) is 11.5 Å². The van der Waals surface area contributed by atoms with Crippen molar-refractivity contribution in [2.24, 2.45) is 17.8 Å². The zero-order valence-corrected chi connectivity index (χ0v) is 13.0. The van der Waals surface area contributed by atoms with Gasteiger partial charge in [-0.05, 0) is 71.9 Å². The molecular formula is C15H16INO3. The van der Waals surface area contributed by atoms with Gasteiger partial charge in [-0.1, -0.05) is 6.07 Å². The van der Waals surface area contributed by atoms with Crippen LogP contribution in [0.25, 0.3) is 0 Å². The van der Waals surface area contributed by atoms with Gasteiger partial charge in [0.2, 0.25) is 0 Å². The molecule has 2 fully saturated rings. The van der Waals surface area contributed by atoms with Crippen LogP contribution in [-0.2, 0) is 4.79 Å². The number of carbonyl (C=O) groups excluding carboxylic acids is 1. The number of hydrogen-bond acceptors (Lipinski definition) is 2. The molecule has 0 heterocycles. The van der Waals surface area contributed by atoms with Crippen molar-refractivity contribution in [1.29, 1.82) is 0 Å². The Morgan fingerprint density at radius 1 is 1.25 bits per heavy atom. The average molecular weight is 385 g/mol. The maximum absolute atomic E-state index is 12.3. The summed E-state index contributed by atoms with van der Waals surface area (Å²) in [6, 6.07) is 7.14. The molecule has 0 saturated heterocycles. The highest BCUT2D eigenvalue weighted by molar-refractivity contribution is 14.1. The lowest BCUT2D eigenvalue weighted by molar-refractivity contribution is -0.144. The fraction of sp³-hybridized carbons (Fsp3) is 0.467. The Labute approximate surface area is 131 Å². The second-order valence-corrected chi connectivity index (χ2v) is 6.95. The summed E-state index contributed by atoms with van der Waals surface area (Å²) in [5, 5.41) is 12.3. The van der Waals surface area contributed by atoms with Gasteiger partial charge in [0.05, 0.1) is 5.92 Å². The van der Waals surface area contributed by atoms with Crippen LogP contribution in [0.2, 0.25) is 0 Å². The van der Waals surface area contributed by atoms with Gasteiger partial charge in [0.1, 0.15) is 0 Å². The quantitative estimate of drug-likeness (QED) is 0.786. The Kier molecular flexibility index (Phi) is 3.70. The molecule has 0 radical (unpaired) electrons. The maximum atomic E-state index is 12.3. The molecule has 4 atom stereocenters. The van der Waals surface area contributed by atoms with E-state index < -0.39 is 11.9 Å². The van der Waals surface area contributed by atoms with Crippen LogP contribution in [-0.4, -0.2) is 23.0 Å². The number of halogens is 1.